The van der Waals surface area contributed by atoms with Gasteiger partial charge in [0.25, 0.3) is 11.8 Å². The molecule has 0 spiro atoms. The van der Waals surface area contributed by atoms with Crippen molar-refractivity contribution >= 4 is 17.9 Å². The number of aryl methyl sites for hydroxylation is 1. The van der Waals surface area contributed by atoms with E-state index >= 15 is 0 Å². The molecule has 1 aliphatic heterocycles. The molecule has 0 saturated heterocycles. The Labute approximate surface area is 198 Å². The summed E-state index contributed by atoms with van der Waals surface area (Å²) in [6.45, 7) is 5.97. The molecule has 0 bridgehead atoms. The second kappa shape index (κ2) is 9.47. The second-order valence-corrected chi connectivity index (χ2v) is 8.89. The van der Waals surface area contributed by atoms with Crippen LogP contribution in [0.4, 0.5) is 0 Å². The molecule has 2 N–H and O–H groups in total. The summed E-state index contributed by atoms with van der Waals surface area (Å²) in [7, 11) is 1.56. The first kappa shape index (κ1) is 23.2. The maximum Gasteiger partial charge on any atom is 0.268 e. The fraction of sp³-hybridized carbons (Fsp3) is 0.259. The van der Waals surface area contributed by atoms with Crippen LogP contribution in [0.1, 0.15) is 53.6 Å². The molecule has 2 amide bonds. The highest BCUT2D eigenvalue weighted by atomic mass is 16.5. The molecule has 0 aliphatic carbocycles. The van der Waals surface area contributed by atoms with E-state index in [1.165, 1.54) is 12.3 Å². The Bertz CT molecular complexity index is 1210. The van der Waals surface area contributed by atoms with E-state index in [0.29, 0.717) is 23.5 Å². The van der Waals surface area contributed by atoms with Crippen LogP contribution in [0.3, 0.4) is 0 Å². The van der Waals surface area contributed by atoms with Gasteiger partial charge in [-0.2, -0.15) is 0 Å². The first-order chi connectivity index (χ1) is 16.2. The zero-order valence-electron chi connectivity index (χ0n) is 19.7. The van der Waals surface area contributed by atoms with Gasteiger partial charge in [0.1, 0.15) is 28.6 Å². The highest BCUT2D eigenvalue weighted by Crippen LogP contribution is 2.40. The third-order valence-electron chi connectivity index (χ3n) is 5.61. The lowest BCUT2D eigenvalue weighted by Crippen LogP contribution is -2.43. The van der Waals surface area contributed by atoms with Crippen molar-refractivity contribution in [2.24, 2.45) is 0 Å². The van der Waals surface area contributed by atoms with Crippen molar-refractivity contribution in [3.05, 3.63) is 89.0 Å². The average molecular weight is 461 g/mol. The van der Waals surface area contributed by atoms with Crippen LogP contribution in [0.2, 0.25) is 0 Å². The van der Waals surface area contributed by atoms with Crippen LogP contribution in [0, 0.1) is 6.92 Å². The van der Waals surface area contributed by atoms with Gasteiger partial charge in [-0.15, -0.1) is 0 Å². The fourth-order valence-electron chi connectivity index (χ4n) is 3.93. The molecule has 7 heteroatoms. The quantitative estimate of drug-likeness (QED) is 0.517. The van der Waals surface area contributed by atoms with Gasteiger partial charge in [-0.25, -0.2) is 0 Å². The van der Waals surface area contributed by atoms with E-state index in [4.69, 9.17) is 13.9 Å². The van der Waals surface area contributed by atoms with E-state index in [2.05, 4.69) is 10.6 Å². The Hall–Kier alpha value is -4.00. The second-order valence-electron chi connectivity index (χ2n) is 8.89. The van der Waals surface area contributed by atoms with Crippen LogP contribution in [0.25, 0.3) is 6.08 Å². The molecule has 3 aromatic rings. The largest absolute Gasteiger partial charge is 0.497 e. The maximum absolute atomic E-state index is 13.4. The summed E-state index contributed by atoms with van der Waals surface area (Å²) in [5.41, 5.74) is 1.99. The molecule has 1 aliphatic rings. The predicted molar refractivity (Wildman–Crippen MR) is 129 cm³/mol. The summed E-state index contributed by atoms with van der Waals surface area (Å²) < 4.78 is 16.7. The van der Waals surface area contributed by atoms with Gasteiger partial charge < -0.3 is 24.5 Å². The molecular formula is C27H28N2O5. The molecule has 4 rings (SSSR count). The van der Waals surface area contributed by atoms with E-state index in [1.807, 2.05) is 39.0 Å². The number of carbonyl (C=O) groups is 2. The summed E-state index contributed by atoms with van der Waals surface area (Å²) in [5, 5.41) is 5.80. The summed E-state index contributed by atoms with van der Waals surface area (Å²) in [6.07, 6.45) is 3.60. The van der Waals surface area contributed by atoms with Crippen molar-refractivity contribution in [2.75, 3.05) is 7.11 Å². The van der Waals surface area contributed by atoms with Crippen LogP contribution >= 0.6 is 0 Å². The van der Waals surface area contributed by atoms with Gasteiger partial charge in [-0.3, -0.25) is 9.59 Å². The Morgan fingerprint density at radius 1 is 1.12 bits per heavy atom. The van der Waals surface area contributed by atoms with Gasteiger partial charge in [0.15, 0.2) is 0 Å². The average Bonchev–Trinajstić information content (AvgIpc) is 3.30. The van der Waals surface area contributed by atoms with Crippen molar-refractivity contribution in [3.8, 4) is 11.5 Å². The molecule has 0 radical (unpaired) electrons. The number of nitrogens with one attached hydrogen (secondary N) is 2. The fourth-order valence-corrected chi connectivity index (χ4v) is 3.93. The number of amides is 2. The van der Waals surface area contributed by atoms with Gasteiger partial charge >= 0.3 is 0 Å². The summed E-state index contributed by atoms with van der Waals surface area (Å²) in [5.74, 6) is 0.993. The van der Waals surface area contributed by atoms with Crippen molar-refractivity contribution < 1.29 is 23.5 Å². The van der Waals surface area contributed by atoms with Crippen molar-refractivity contribution in [1.29, 1.82) is 0 Å². The summed E-state index contributed by atoms with van der Waals surface area (Å²) in [4.78, 5) is 26.3. The maximum atomic E-state index is 13.4. The first-order valence-electron chi connectivity index (χ1n) is 11.0. The minimum absolute atomic E-state index is 0.0775. The number of carbonyl (C=O) groups excluding carboxylic acids is 2. The van der Waals surface area contributed by atoms with Gasteiger partial charge in [-0.05, 0) is 68.8 Å². The van der Waals surface area contributed by atoms with Crippen LogP contribution in [-0.2, 0) is 4.79 Å². The number of rotatable bonds is 6. The lowest BCUT2D eigenvalue weighted by Gasteiger charge is -2.38. The predicted octanol–water partition coefficient (Wildman–Crippen LogP) is 4.79. The Kier molecular flexibility index (Phi) is 6.45. The number of hydrogen-bond acceptors (Lipinski definition) is 5. The summed E-state index contributed by atoms with van der Waals surface area (Å²) in [6, 6.07) is 15.7. The highest BCUT2D eigenvalue weighted by molar-refractivity contribution is 6.05. The SMILES string of the molecule is COc1ccc(C(=O)N/C(=C\c2ccco2)C(=O)N[C@H]2CC(C)(C)Oc3cc(C)ccc32)cc1. The van der Waals surface area contributed by atoms with Crippen LogP contribution < -0.4 is 20.1 Å². The monoisotopic (exact) mass is 460 g/mol. The van der Waals surface area contributed by atoms with Gasteiger partial charge in [0.2, 0.25) is 0 Å². The molecular weight excluding hydrogens is 432 g/mol. The lowest BCUT2D eigenvalue weighted by atomic mass is 9.89. The van der Waals surface area contributed by atoms with E-state index < -0.39 is 17.4 Å². The molecule has 0 unspecified atom stereocenters. The zero-order valence-corrected chi connectivity index (χ0v) is 19.7. The third-order valence-corrected chi connectivity index (χ3v) is 5.61. The van der Waals surface area contributed by atoms with Gasteiger partial charge in [-0.1, -0.05) is 12.1 Å². The molecule has 2 aromatic carbocycles. The number of methoxy groups -OCH3 is 1. The van der Waals surface area contributed by atoms with Crippen LogP contribution in [0.5, 0.6) is 11.5 Å². The molecule has 0 saturated carbocycles. The highest BCUT2D eigenvalue weighted by Gasteiger charge is 2.35. The minimum Gasteiger partial charge on any atom is -0.497 e. The molecule has 176 valence electrons. The summed E-state index contributed by atoms with van der Waals surface area (Å²) >= 11 is 0. The lowest BCUT2D eigenvalue weighted by molar-refractivity contribution is -0.119. The Balaban J connectivity index is 1.60. The molecule has 34 heavy (non-hydrogen) atoms. The smallest absolute Gasteiger partial charge is 0.268 e. The molecule has 0 fully saturated rings. The third kappa shape index (κ3) is 5.31. The van der Waals surface area contributed by atoms with Crippen molar-refractivity contribution in [3.63, 3.8) is 0 Å². The molecule has 2 heterocycles. The Morgan fingerprint density at radius 3 is 2.56 bits per heavy atom. The number of fused-ring (bicyclic) bond motifs is 1. The first-order valence-corrected chi connectivity index (χ1v) is 11.0. The van der Waals surface area contributed by atoms with Crippen molar-refractivity contribution in [2.45, 2.75) is 38.8 Å². The molecule has 1 aromatic heterocycles. The van der Waals surface area contributed by atoms with Gasteiger partial charge in [0.05, 0.1) is 19.4 Å². The molecule has 1 atom stereocenters. The Morgan fingerprint density at radius 2 is 1.88 bits per heavy atom. The van der Waals surface area contributed by atoms with E-state index in [9.17, 15) is 9.59 Å². The topological polar surface area (TPSA) is 89.8 Å². The minimum atomic E-state index is -0.462. The van der Waals surface area contributed by atoms with E-state index in [0.717, 1.165) is 16.9 Å². The number of benzene rings is 2. The van der Waals surface area contributed by atoms with Gasteiger partial charge in [0, 0.05) is 23.6 Å². The normalized spacial score (nSPS) is 16.7. The van der Waals surface area contributed by atoms with E-state index in [-0.39, 0.29) is 11.7 Å². The van der Waals surface area contributed by atoms with Crippen LogP contribution in [-0.4, -0.2) is 24.5 Å². The standard InChI is InChI=1S/C27H28N2O5/c1-17-7-12-21-23(16-27(2,3)34-24(21)14-17)29-26(31)22(15-20-6-5-13-33-20)28-25(30)18-8-10-19(32-4)11-9-18/h5-15,23H,16H2,1-4H3,(H,28,30)(H,29,31)/b22-15-/t23-/m0/s1. The zero-order chi connectivity index (χ0) is 24.3. The molecule has 7 nitrogen and oxygen atoms in total. The number of ether oxygens (including phenoxy) is 2. The van der Waals surface area contributed by atoms with Crippen LogP contribution in [0.15, 0.2) is 71.0 Å². The number of furan rings is 1. The number of hydrogen-bond donors (Lipinski definition) is 2. The van der Waals surface area contributed by atoms with E-state index in [1.54, 1.807) is 43.5 Å². The van der Waals surface area contributed by atoms with Crippen molar-refractivity contribution in [1.82, 2.24) is 10.6 Å².